The molecule has 20 heavy (non-hydrogen) atoms. The van der Waals surface area contributed by atoms with E-state index in [2.05, 4.69) is 12.2 Å². The molecule has 1 aromatic rings. The molecule has 110 valence electrons. The smallest absolute Gasteiger partial charge is 0.255 e. The summed E-state index contributed by atoms with van der Waals surface area (Å²) < 4.78 is 0. The van der Waals surface area contributed by atoms with Gasteiger partial charge in [-0.2, -0.15) is 0 Å². The highest BCUT2D eigenvalue weighted by atomic mass is 35.5. The maximum absolute atomic E-state index is 12.4. The Hall–Kier alpha value is -1.26. The van der Waals surface area contributed by atoms with E-state index < -0.39 is 0 Å². The van der Waals surface area contributed by atoms with Crippen LogP contribution in [0.2, 0.25) is 5.02 Å². The number of nitrogens with zero attached hydrogens (tertiary/aromatic N) is 1. The van der Waals surface area contributed by atoms with Crippen molar-refractivity contribution in [3.8, 4) is 5.75 Å². The maximum atomic E-state index is 12.4. The number of phenolic OH excluding ortho intramolecular Hbond substituents is 1. The lowest BCUT2D eigenvalue weighted by Crippen LogP contribution is -2.45. The third-order valence-electron chi connectivity index (χ3n) is 3.65. The van der Waals surface area contributed by atoms with Gasteiger partial charge >= 0.3 is 0 Å². The van der Waals surface area contributed by atoms with Gasteiger partial charge in [-0.05, 0) is 44.0 Å². The Labute approximate surface area is 124 Å². The minimum absolute atomic E-state index is 0.0669. The number of rotatable bonds is 4. The molecule has 0 spiro atoms. The molecule has 1 heterocycles. The molecule has 1 fully saturated rings. The molecule has 2 N–H and O–H groups in total. The lowest BCUT2D eigenvalue weighted by Gasteiger charge is -2.32. The number of aromatic hydroxyl groups is 1. The third kappa shape index (κ3) is 3.64. The van der Waals surface area contributed by atoms with Crippen LogP contribution in [0.4, 0.5) is 0 Å². The van der Waals surface area contributed by atoms with Crippen LogP contribution >= 0.6 is 11.6 Å². The number of nitrogens with one attached hydrogen (secondary N) is 1. The van der Waals surface area contributed by atoms with E-state index in [-0.39, 0.29) is 11.7 Å². The van der Waals surface area contributed by atoms with Crippen molar-refractivity contribution in [2.24, 2.45) is 0 Å². The number of benzene rings is 1. The molecule has 4 nitrogen and oxygen atoms in total. The molecule has 1 aliphatic rings. The fourth-order valence-corrected chi connectivity index (χ4v) is 2.68. The minimum atomic E-state index is -0.0974. The fraction of sp³-hybridized carbons (Fsp3) is 0.533. The molecular weight excluding hydrogens is 276 g/mol. The van der Waals surface area contributed by atoms with Crippen molar-refractivity contribution >= 4 is 17.5 Å². The number of hydrogen-bond donors (Lipinski definition) is 2. The van der Waals surface area contributed by atoms with E-state index in [0.717, 1.165) is 38.9 Å². The molecule has 1 aromatic carbocycles. The number of carbonyl (C=O) groups excluding carboxylic acids is 1. The van der Waals surface area contributed by atoms with Crippen LogP contribution in [0.1, 0.15) is 36.5 Å². The first-order valence-corrected chi connectivity index (χ1v) is 7.50. The van der Waals surface area contributed by atoms with Crippen molar-refractivity contribution in [1.29, 1.82) is 0 Å². The van der Waals surface area contributed by atoms with E-state index in [1.54, 1.807) is 6.07 Å². The normalized spacial score (nSPS) is 16.4. The molecule has 1 saturated heterocycles. The van der Waals surface area contributed by atoms with E-state index >= 15 is 0 Å². The van der Waals surface area contributed by atoms with E-state index in [1.807, 2.05) is 4.90 Å². The summed E-state index contributed by atoms with van der Waals surface area (Å²) in [7, 11) is 0. The highest BCUT2D eigenvalue weighted by Gasteiger charge is 2.24. The predicted molar refractivity (Wildman–Crippen MR) is 80.3 cm³/mol. The van der Waals surface area contributed by atoms with Crippen LogP contribution < -0.4 is 5.32 Å². The summed E-state index contributed by atoms with van der Waals surface area (Å²) in [6, 6.07) is 4.98. The summed E-state index contributed by atoms with van der Waals surface area (Å²) in [6.45, 7) is 4.63. The molecule has 5 heteroatoms. The lowest BCUT2D eigenvalue weighted by atomic mass is 10.0. The van der Waals surface area contributed by atoms with Gasteiger partial charge in [0.25, 0.3) is 5.91 Å². The first-order valence-electron chi connectivity index (χ1n) is 7.13. The van der Waals surface area contributed by atoms with Crippen LogP contribution in [0.25, 0.3) is 0 Å². The zero-order valence-electron chi connectivity index (χ0n) is 11.7. The SMILES string of the molecule is CCCNC1CCN(C(=O)c2cc(O)ccc2Cl)CC1. The molecule has 0 atom stereocenters. The molecule has 0 aliphatic carbocycles. The largest absolute Gasteiger partial charge is 0.508 e. The van der Waals surface area contributed by atoms with Crippen molar-refractivity contribution < 1.29 is 9.90 Å². The summed E-state index contributed by atoms with van der Waals surface area (Å²) in [4.78, 5) is 14.2. The molecule has 0 radical (unpaired) electrons. The highest BCUT2D eigenvalue weighted by molar-refractivity contribution is 6.33. The first-order chi connectivity index (χ1) is 9.61. The average molecular weight is 297 g/mol. The molecule has 0 unspecified atom stereocenters. The van der Waals surface area contributed by atoms with Crippen LogP contribution in [0, 0.1) is 0 Å². The third-order valence-corrected chi connectivity index (χ3v) is 3.98. The Kier molecular flexibility index (Phi) is 5.26. The standard InChI is InChI=1S/C15H21ClN2O2/c1-2-7-17-11-5-8-18(9-6-11)15(20)13-10-12(19)3-4-14(13)16/h3-4,10-11,17,19H,2,5-9H2,1H3. The number of piperidine rings is 1. The van der Waals surface area contributed by atoms with Gasteiger partial charge in [-0.1, -0.05) is 18.5 Å². The summed E-state index contributed by atoms with van der Waals surface area (Å²) in [6.07, 6.45) is 3.04. The van der Waals surface area contributed by atoms with Crippen LogP contribution in [-0.4, -0.2) is 41.6 Å². The minimum Gasteiger partial charge on any atom is -0.508 e. The van der Waals surface area contributed by atoms with Gasteiger partial charge in [0.05, 0.1) is 10.6 Å². The van der Waals surface area contributed by atoms with E-state index in [9.17, 15) is 9.90 Å². The van der Waals surface area contributed by atoms with Gasteiger partial charge in [-0.25, -0.2) is 0 Å². The van der Waals surface area contributed by atoms with Crippen molar-refractivity contribution in [2.45, 2.75) is 32.2 Å². The first kappa shape index (κ1) is 15.1. The molecule has 1 amide bonds. The summed E-state index contributed by atoms with van der Waals surface area (Å²) in [5.74, 6) is -0.0305. The Morgan fingerprint density at radius 1 is 1.45 bits per heavy atom. The molecule has 0 bridgehead atoms. The number of hydrogen-bond acceptors (Lipinski definition) is 3. The second kappa shape index (κ2) is 6.95. The van der Waals surface area contributed by atoms with Gasteiger partial charge in [0, 0.05) is 19.1 Å². The van der Waals surface area contributed by atoms with Gasteiger partial charge in [0.15, 0.2) is 0 Å². The molecular formula is C15H21ClN2O2. The summed E-state index contributed by atoms with van der Waals surface area (Å²) >= 11 is 6.04. The van der Waals surface area contributed by atoms with Gasteiger partial charge in [-0.15, -0.1) is 0 Å². The fourth-order valence-electron chi connectivity index (χ4n) is 2.48. The van der Waals surface area contributed by atoms with Gasteiger partial charge in [0.1, 0.15) is 5.75 Å². The molecule has 0 saturated carbocycles. The molecule has 1 aliphatic heterocycles. The number of halogens is 1. The van der Waals surface area contributed by atoms with Crippen LogP contribution in [0.5, 0.6) is 5.75 Å². The topological polar surface area (TPSA) is 52.6 Å². The number of likely N-dealkylation sites (tertiary alicyclic amines) is 1. The van der Waals surface area contributed by atoms with Crippen molar-refractivity contribution in [2.75, 3.05) is 19.6 Å². The Bertz CT molecular complexity index is 471. The quantitative estimate of drug-likeness (QED) is 0.898. The van der Waals surface area contributed by atoms with Crippen LogP contribution in [0.15, 0.2) is 18.2 Å². The number of amides is 1. The average Bonchev–Trinajstić information content (AvgIpc) is 2.47. The Morgan fingerprint density at radius 3 is 2.80 bits per heavy atom. The highest BCUT2D eigenvalue weighted by Crippen LogP contribution is 2.24. The summed E-state index contributed by atoms with van der Waals surface area (Å²) in [5, 5.41) is 13.4. The molecule has 2 rings (SSSR count). The van der Waals surface area contributed by atoms with Crippen molar-refractivity contribution in [3.05, 3.63) is 28.8 Å². The number of phenols is 1. The zero-order valence-corrected chi connectivity index (χ0v) is 12.5. The van der Waals surface area contributed by atoms with E-state index in [1.165, 1.54) is 12.1 Å². The number of carbonyl (C=O) groups is 1. The van der Waals surface area contributed by atoms with Crippen molar-refractivity contribution in [3.63, 3.8) is 0 Å². The second-order valence-corrected chi connectivity index (χ2v) is 5.59. The van der Waals surface area contributed by atoms with Crippen LogP contribution in [-0.2, 0) is 0 Å². The zero-order chi connectivity index (χ0) is 14.5. The van der Waals surface area contributed by atoms with E-state index in [4.69, 9.17) is 11.6 Å². The summed E-state index contributed by atoms with van der Waals surface area (Å²) in [5.41, 5.74) is 0.381. The van der Waals surface area contributed by atoms with Crippen LogP contribution in [0.3, 0.4) is 0 Å². The molecule has 0 aromatic heterocycles. The van der Waals surface area contributed by atoms with Gasteiger partial charge in [0.2, 0.25) is 0 Å². The van der Waals surface area contributed by atoms with Gasteiger partial charge < -0.3 is 15.3 Å². The second-order valence-electron chi connectivity index (χ2n) is 5.18. The Balaban J connectivity index is 1.96. The predicted octanol–water partition coefficient (Wildman–Crippen LogP) is 2.65. The van der Waals surface area contributed by atoms with E-state index in [0.29, 0.717) is 16.6 Å². The monoisotopic (exact) mass is 296 g/mol. The Morgan fingerprint density at radius 2 is 2.15 bits per heavy atom. The van der Waals surface area contributed by atoms with Crippen molar-refractivity contribution in [1.82, 2.24) is 10.2 Å². The van der Waals surface area contributed by atoms with Gasteiger partial charge in [-0.3, -0.25) is 4.79 Å². The lowest BCUT2D eigenvalue weighted by molar-refractivity contribution is 0.0705. The maximum Gasteiger partial charge on any atom is 0.255 e.